The summed E-state index contributed by atoms with van der Waals surface area (Å²) < 4.78 is 0. The molecule has 2 aliphatic rings. The zero-order valence-corrected chi connectivity index (χ0v) is 14.7. The second-order valence-corrected chi connectivity index (χ2v) is 7.10. The molecule has 2 heteroatoms. The summed E-state index contributed by atoms with van der Waals surface area (Å²) in [5.74, 6) is 1.13. The topological polar surface area (TPSA) is 15.3 Å². The molecule has 2 unspecified atom stereocenters. The summed E-state index contributed by atoms with van der Waals surface area (Å²) in [6.07, 6.45) is 9.40. The lowest BCUT2D eigenvalue weighted by atomic mass is 9.86. The van der Waals surface area contributed by atoms with Crippen LogP contribution in [-0.2, 0) is 0 Å². The summed E-state index contributed by atoms with van der Waals surface area (Å²) in [5, 5.41) is 3.60. The molecule has 0 amide bonds. The van der Waals surface area contributed by atoms with E-state index < -0.39 is 0 Å². The molecule has 0 fully saturated rings. The van der Waals surface area contributed by atoms with E-state index in [4.69, 9.17) is 0 Å². The van der Waals surface area contributed by atoms with E-state index in [0.717, 1.165) is 6.42 Å². The van der Waals surface area contributed by atoms with Crippen molar-refractivity contribution < 1.29 is 0 Å². The van der Waals surface area contributed by atoms with Crippen LogP contribution in [0.3, 0.4) is 0 Å². The molecule has 3 rings (SSSR count). The van der Waals surface area contributed by atoms with Crippen LogP contribution in [0.15, 0.2) is 65.5 Å². The van der Waals surface area contributed by atoms with Crippen LogP contribution in [-0.4, -0.2) is 18.0 Å². The first-order valence-electron chi connectivity index (χ1n) is 8.71. The van der Waals surface area contributed by atoms with Crippen molar-refractivity contribution in [1.82, 2.24) is 4.90 Å². The molecule has 2 nitrogen and oxygen atoms in total. The van der Waals surface area contributed by atoms with E-state index in [1.54, 1.807) is 0 Å². The molecule has 1 heterocycles. The number of benzene rings is 1. The van der Waals surface area contributed by atoms with Crippen LogP contribution in [0.5, 0.6) is 0 Å². The number of allylic oxidation sites excluding steroid dienone is 3. The predicted octanol–water partition coefficient (Wildman–Crippen LogP) is 5.19. The van der Waals surface area contributed by atoms with Gasteiger partial charge in [0.15, 0.2) is 0 Å². The van der Waals surface area contributed by atoms with Crippen molar-refractivity contribution in [1.29, 1.82) is 0 Å². The van der Waals surface area contributed by atoms with E-state index in [1.807, 2.05) is 0 Å². The number of fused-ring (bicyclic) bond motifs is 1. The van der Waals surface area contributed by atoms with Crippen LogP contribution >= 0.6 is 0 Å². The fourth-order valence-electron chi connectivity index (χ4n) is 3.71. The number of nitrogens with one attached hydrogen (secondary N) is 1. The normalized spacial score (nSPS) is 24.4. The Hall–Kier alpha value is -1.96. The first kappa shape index (κ1) is 15.9. The molecular formula is C21H28N2. The summed E-state index contributed by atoms with van der Waals surface area (Å²) in [5.41, 5.74) is 5.46. The number of rotatable bonds is 4. The van der Waals surface area contributed by atoms with Crippen molar-refractivity contribution in [3.63, 3.8) is 0 Å². The highest BCUT2D eigenvalue weighted by molar-refractivity contribution is 5.49. The fraction of sp³-hybridized carbons (Fsp3) is 0.429. The molecule has 2 atom stereocenters. The number of likely N-dealkylation sites (N-methyl/N-ethyl adjacent to an activating group) is 1. The van der Waals surface area contributed by atoms with Gasteiger partial charge in [0, 0.05) is 36.1 Å². The number of anilines is 1. The average molecular weight is 308 g/mol. The Balaban J connectivity index is 1.81. The second kappa shape index (κ2) is 6.66. The highest BCUT2D eigenvalue weighted by Gasteiger charge is 2.36. The van der Waals surface area contributed by atoms with Gasteiger partial charge in [0.05, 0.1) is 0 Å². The quantitative estimate of drug-likeness (QED) is 0.823. The summed E-state index contributed by atoms with van der Waals surface area (Å²) >= 11 is 0. The van der Waals surface area contributed by atoms with Gasteiger partial charge >= 0.3 is 0 Å². The average Bonchev–Trinajstić information content (AvgIpc) is 2.77. The molecule has 1 aromatic rings. The number of nitrogens with zero attached hydrogens (tertiary/aromatic N) is 1. The van der Waals surface area contributed by atoms with E-state index in [9.17, 15) is 0 Å². The molecule has 1 aromatic carbocycles. The van der Waals surface area contributed by atoms with E-state index in [0.29, 0.717) is 17.9 Å². The maximum absolute atomic E-state index is 3.60. The number of para-hydroxylation sites is 1. The monoisotopic (exact) mass is 308 g/mol. The van der Waals surface area contributed by atoms with Crippen LogP contribution in [0.4, 0.5) is 5.69 Å². The van der Waals surface area contributed by atoms with Crippen LogP contribution in [0, 0.1) is 11.8 Å². The maximum Gasteiger partial charge on any atom is 0.0391 e. The van der Waals surface area contributed by atoms with Gasteiger partial charge in [-0.05, 0) is 49.5 Å². The number of hydrogen-bond donors (Lipinski definition) is 1. The molecule has 1 N–H and O–H groups in total. The van der Waals surface area contributed by atoms with Crippen molar-refractivity contribution in [3.05, 3.63) is 65.5 Å². The minimum atomic E-state index is 0.534. The second-order valence-electron chi connectivity index (χ2n) is 7.10. The largest absolute Gasteiger partial charge is 0.371 e. The van der Waals surface area contributed by atoms with Gasteiger partial charge in [0.2, 0.25) is 0 Å². The highest BCUT2D eigenvalue weighted by Crippen LogP contribution is 2.40. The summed E-state index contributed by atoms with van der Waals surface area (Å²) in [7, 11) is 2.25. The summed E-state index contributed by atoms with van der Waals surface area (Å²) in [6.45, 7) is 6.76. The highest BCUT2D eigenvalue weighted by atomic mass is 15.2. The van der Waals surface area contributed by atoms with Crippen molar-refractivity contribution >= 4 is 5.69 Å². The summed E-state index contributed by atoms with van der Waals surface area (Å²) in [4.78, 5) is 2.48. The van der Waals surface area contributed by atoms with E-state index >= 15 is 0 Å². The summed E-state index contributed by atoms with van der Waals surface area (Å²) in [6, 6.07) is 11.1. The standard InChI is InChI=1S/C21H28N2/c1-15(2)10-12-20-16(3)19-14-18(11-13-21(19)23(20)4)22-17-8-6-5-7-9-17/h5-10,12,14-15,19,21-22H,11,13H2,1-4H3/b12-10-. The zero-order chi connectivity index (χ0) is 16.4. The molecule has 0 saturated carbocycles. The predicted molar refractivity (Wildman–Crippen MR) is 99.1 cm³/mol. The Morgan fingerprint density at radius 3 is 2.65 bits per heavy atom. The molecule has 122 valence electrons. The van der Waals surface area contributed by atoms with Gasteiger partial charge in [-0.2, -0.15) is 0 Å². The van der Waals surface area contributed by atoms with Gasteiger partial charge in [0.25, 0.3) is 0 Å². The third kappa shape index (κ3) is 3.36. The Labute approximate surface area is 140 Å². The lowest BCUT2D eigenvalue weighted by molar-refractivity contribution is 0.283. The molecule has 0 bridgehead atoms. The van der Waals surface area contributed by atoms with Gasteiger partial charge in [0.1, 0.15) is 0 Å². The molecule has 23 heavy (non-hydrogen) atoms. The molecule has 0 radical (unpaired) electrons. The van der Waals surface area contributed by atoms with Crippen LogP contribution < -0.4 is 5.32 Å². The van der Waals surface area contributed by atoms with Crippen molar-refractivity contribution in [2.75, 3.05) is 12.4 Å². The molecular weight excluding hydrogens is 280 g/mol. The van der Waals surface area contributed by atoms with Gasteiger partial charge in [-0.1, -0.05) is 44.2 Å². The fourth-order valence-corrected chi connectivity index (χ4v) is 3.71. The first-order chi connectivity index (χ1) is 11.1. The SMILES string of the molecule is CC1=C(/C=C\C(C)C)N(C)C2CCC(Nc3ccccc3)=CC12. The van der Waals surface area contributed by atoms with Crippen molar-refractivity contribution in [3.8, 4) is 0 Å². The van der Waals surface area contributed by atoms with E-state index in [1.165, 1.54) is 29.1 Å². The number of hydrogen-bond acceptors (Lipinski definition) is 2. The molecule has 0 saturated heterocycles. The van der Waals surface area contributed by atoms with E-state index in [2.05, 4.69) is 86.6 Å². The van der Waals surface area contributed by atoms with Gasteiger partial charge in [-0.25, -0.2) is 0 Å². The zero-order valence-electron chi connectivity index (χ0n) is 14.7. The maximum atomic E-state index is 3.60. The van der Waals surface area contributed by atoms with Crippen molar-refractivity contribution in [2.45, 2.75) is 39.7 Å². The minimum Gasteiger partial charge on any atom is -0.371 e. The molecule has 0 spiro atoms. The van der Waals surface area contributed by atoms with Crippen LogP contribution in [0.2, 0.25) is 0 Å². The molecule has 0 aromatic heterocycles. The first-order valence-corrected chi connectivity index (χ1v) is 8.71. The van der Waals surface area contributed by atoms with Crippen molar-refractivity contribution in [2.24, 2.45) is 11.8 Å². The van der Waals surface area contributed by atoms with Gasteiger partial charge in [-0.15, -0.1) is 0 Å². The smallest absolute Gasteiger partial charge is 0.0391 e. The van der Waals surface area contributed by atoms with E-state index in [-0.39, 0.29) is 0 Å². The third-order valence-electron chi connectivity index (χ3n) is 5.00. The van der Waals surface area contributed by atoms with Crippen LogP contribution in [0.1, 0.15) is 33.6 Å². The Morgan fingerprint density at radius 2 is 1.96 bits per heavy atom. The Bertz CT molecular complexity index is 637. The minimum absolute atomic E-state index is 0.534. The third-order valence-corrected chi connectivity index (χ3v) is 5.00. The van der Waals surface area contributed by atoms with Gasteiger partial charge in [-0.3, -0.25) is 0 Å². The lowest BCUT2D eigenvalue weighted by Gasteiger charge is -2.31. The lowest BCUT2D eigenvalue weighted by Crippen LogP contribution is -2.33. The van der Waals surface area contributed by atoms with Gasteiger partial charge < -0.3 is 10.2 Å². The Morgan fingerprint density at radius 1 is 1.22 bits per heavy atom. The molecule has 1 aliphatic carbocycles. The van der Waals surface area contributed by atoms with Crippen LogP contribution in [0.25, 0.3) is 0 Å². The molecule has 1 aliphatic heterocycles. The Kier molecular flexibility index (Phi) is 4.61.